The van der Waals surface area contributed by atoms with Gasteiger partial charge < -0.3 is 9.64 Å². The van der Waals surface area contributed by atoms with Gasteiger partial charge in [0.15, 0.2) is 0 Å². The maximum Gasteiger partial charge on any atom is 0.214 e. The van der Waals surface area contributed by atoms with Gasteiger partial charge in [0.2, 0.25) is 5.88 Å². The molecule has 2 heterocycles. The smallest absolute Gasteiger partial charge is 0.214 e. The number of aromatic nitrogens is 2. The minimum Gasteiger partial charge on any atom is -0.473 e. The predicted molar refractivity (Wildman–Crippen MR) is 72.9 cm³/mol. The first-order chi connectivity index (χ1) is 8.56. The van der Waals surface area contributed by atoms with Crippen molar-refractivity contribution in [1.29, 1.82) is 0 Å². The third-order valence-electron chi connectivity index (χ3n) is 2.73. The Balaban J connectivity index is 2.20. The summed E-state index contributed by atoms with van der Waals surface area (Å²) >= 11 is 0. The van der Waals surface area contributed by atoms with E-state index in [0.29, 0.717) is 5.88 Å². The lowest BCUT2D eigenvalue weighted by Gasteiger charge is -2.18. The number of ether oxygens (including phenoxy) is 1. The molecule has 1 unspecified atom stereocenters. The summed E-state index contributed by atoms with van der Waals surface area (Å²) in [5, 5.41) is 1.07. The van der Waals surface area contributed by atoms with Crippen molar-refractivity contribution in [3.05, 3.63) is 30.1 Å². The van der Waals surface area contributed by atoms with Crippen molar-refractivity contribution in [2.24, 2.45) is 0 Å². The Bertz CT molecular complexity index is 540. The minimum atomic E-state index is 0.118. The summed E-state index contributed by atoms with van der Waals surface area (Å²) in [7, 11) is 4.06. The number of fused-ring (bicyclic) bond motifs is 1. The van der Waals surface area contributed by atoms with Crippen molar-refractivity contribution in [3.63, 3.8) is 0 Å². The van der Waals surface area contributed by atoms with Gasteiger partial charge in [-0.1, -0.05) is 0 Å². The summed E-state index contributed by atoms with van der Waals surface area (Å²) in [6, 6.07) is 5.83. The number of nitrogens with zero attached hydrogens (tertiary/aromatic N) is 3. The number of likely N-dealkylation sites (N-methyl/N-ethyl adjacent to an activating group) is 1. The van der Waals surface area contributed by atoms with Gasteiger partial charge in [-0.2, -0.15) is 0 Å². The topological polar surface area (TPSA) is 38.3 Å². The average Bonchev–Trinajstić information content (AvgIpc) is 2.27. The molecular formula is C14H19N3O. The average molecular weight is 245 g/mol. The molecule has 2 aromatic rings. The van der Waals surface area contributed by atoms with Gasteiger partial charge in [-0.25, -0.2) is 4.98 Å². The molecule has 0 amide bonds. The molecule has 0 saturated heterocycles. The van der Waals surface area contributed by atoms with Crippen molar-refractivity contribution in [2.45, 2.75) is 20.0 Å². The Morgan fingerprint density at radius 3 is 2.78 bits per heavy atom. The van der Waals surface area contributed by atoms with Gasteiger partial charge in [0.1, 0.15) is 6.10 Å². The van der Waals surface area contributed by atoms with E-state index in [1.165, 1.54) is 0 Å². The number of hydrogen-bond donors (Lipinski definition) is 0. The summed E-state index contributed by atoms with van der Waals surface area (Å²) in [4.78, 5) is 10.8. The molecule has 18 heavy (non-hydrogen) atoms. The first-order valence-corrected chi connectivity index (χ1v) is 6.10. The lowest BCUT2D eigenvalue weighted by Crippen LogP contribution is -2.28. The molecule has 0 aliphatic heterocycles. The zero-order valence-corrected chi connectivity index (χ0v) is 11.3. The highest BCUT2D eigenvalue weighted by Gasteiger charge is 2.07. The Morgan fingerprint density at radius 1 is 1.28 bits per heavy atom. The molecule has 1 atom stereocenters. The minimum absolute atomic E-state index is 0.118. The van der Waals surface area contributed by atoms with E-state index in [0.717, 1.165) is 23.1 Å². The van der Waals surface area contributed by atoms with Gasteiger partial charge in [0.05, 0.1) is 5.52 Å². The molecule has 0 saturated carbocycles. The number of aryl methyl sites for hydroxylation is 1. The molecule has 0 aliphatic carbocycles. The number of hydrogen-bond acceptors (Lipinski definition) is 4. The van der Waals surface area contributed by atoms with Crippen molar-refractivity contribution in [2.75, 3.05) is 20.6 Å². The van der Waals surface area contributed by atoms with Crippen molar-refractivity contribution in [3.8, 4) is 5.88 Å². The van der Waals surface area contributed by atoms with E-state index in [-0.39, 0.29) is 6.10 Å². The first-order valence-electron chi connectivity index (χ1n) is 6.10. The molecule has 96 valence electrons. The van der Waals surface area contributed by atoms with Crippen molar-refractivity contribution < 1.29 is 4.74 Å². The van der Waals surface area contributed by atoms with Crippen LogP contribution in [0.5, 0.6) is 5.88 Å². The zero-order chi connectivity index (χ0) is 13.1. The van der Waals surface area contributed by atoms with Crippen LogP contribution in [0.15, 0.2) is 24.4 Å². The fourth-order valence-corrected chi connectivity index (χ4v) is 2.00. The zero-order valence-electron chi connectivity index (χ0n) is 11.3. The quantitative estimate of drug-likeness (QED) is 0.828. The molecule has 0 N–H and O–H groups in total. The predicted octanol–water partition coefficient (Wildman–Crippen LogP) is 2.27. The second-order valence-corrected chi connectivity index (χ2v) is 4.80. The Hall–Kier alpha value is -1.68. The lowest BCUT2D eigenvalue weighted by atomic mass is 10.2. The second kappa shape index (κ2) is 5.31. The molecule has 4 heteroatoms. The molecule has 0 aromatic carbocycles. The van der Waals surface area contributed by atoms with Crippen LogP contribution in [0, 0.1) is 6.92 Å². The second-order valence-electron chi connectivity index (χ2n) is 4.80. The van der Waals surface area contributed by atoms with Crippen LogP contribution in [0.1, 0.15) is 12.6 Å². The van der Waals surface area contributed by atoms with Crippen molar-refractivity contribution >= 4 is 10.9 Å². The fourth-order valence-electron chi connectivity index (χ4n) is 2.00. The molecular weight excluding hydrogens is 226 g/mol. The number of rotatable bonds is 4. The first kappa shape index (κ1) is 12.8. The molecule has 4 nitrogen and oxygen atoms in total. The number of pyridine rings is 2. The maximum atomic E-state index is 5.80. The lowest BCUT2D eigenvalue weighted by molar-refractivity contribution is 0.171. The van der Waals surface area contributed by atoms with Crippen LogP contribution in [0.3, 0.4) is 0 Å². The molecule has 0 spiro atoms. The van der Waals surface area contributed by atoms with Gasteiger partial charge in [0, 0.05) is 29.9 Å². The van der Waals surface area contributed by atoms with Gasteiger partial charge >= 0.3 is 0 Å². The highest BCUT2D eigenvalue weighted by molar-refractivity contribution is 5.80. The van der Waals surface area contributed by atoms with Crippen LogP contribution in [0.2, 0.25) is 0 Å². The van der Waals surface area contributed by atoms with Crippen LogP contribution < -0.4 is 4.74 Å². The Kier molecular flexibility index (Phi) is 3.77. The van der Waals surface area contributed by atoms with Gasteiger partial charge in [0.25, 0.3) is 0 Å². The van der Waals surface area contributed by atoms with Crippen molar-refractivity contribution in [1.82, 2.24) is 14.9 Å². The molecule has 0 aliphatic rings. The molecule has 0 radical (unpaired) electrons. The van der Waals surface area contributed by atoms with E-state index in [2.05, 4.69) is 14.9 Å². The molecule has 2 rings (SSSR count). The molecule has 0 fully saturated rings. The Labute approximate surface area is 108 Å². The third kappa shape index (κ3) is 2.96. The van der Waals surface area contributed by atoms with Gasteiger partial charge in [-0.3, -0.25) is 4.98 Å². The Morgan fingerprint density at radius 2 is 2.06 bits per heavy atom. The molecule has 0 bridgehead atoms. The van der Waals surface area contributed by atoms with E-state index < -0.39 is 0 Å². The summed E-state index contributed by atoms with van der Waals surface area (Å²) in [6.45, 7) is 4.90. The fraction of sp³-hybridized carbons (Fsp3) is 0.429. The summed E-state index contributed by atoms with van der Waals surface area (Å²) < 4.78 is 5.80. The van der Waals surface area contributed by atoms with E-state index in [4.69, 9.17) is 4.74 Å². The SMILES string of the molecule is Cc1nccc2nc(OC(C)CN(C)C)ccc12. The van der Waals surface area contributed by atoms with Crippen LogP contribution in [0.4, 0.5) is 0 Å². The van der Waals surface area contributed by atoms with E-state index in [1.807, 2.05) is 46.1 Å². The monoisotopic (exact) mass is 245 g/mol. The van der Waals surface area contributed by atoms with E-state index in [9.17, 15) is 0 Å². The summed E-state index contributed by atoms with van der Waals surface area (Å²) in [6.07, 6.45) is 1.89. The summed E-state index contributed by atoms with van der Waals surface area (Å²) in [5.74, 6) is 0.669. The third-order valence-corrected chi connectivity index (χ3v) is 2.73. The van der Waals surface area contributed by atoms with Crippen LogP contribution in [0.25, 0.3) is 10.9 Å². The normalized spacial score (nSPS) is 12.9. The highest BCUT2D eigenvalue weighted by atomic mass is 16.5. The standard InChI is InChI=1S/C14H19N3O/c1-10(9-17(3)4)18-14-6-5-12-11(2)15-8-7-13(12)16-14/h5-8,10H,9H2,1-4H3. The highest BCUT2D eigenvalue weighted by Crippen LogP contribution is 2.18. The van der Waals surface area contributed by atoms with E-state index in [1.54, 1.807) is 6.20 Å². The largest absolute Gasteiger partial charge is 0.473 e. The van der Waals surface area contributed by atoms with Crippen LogP contribution in [-0.4, -0.2) is 41.6 Å². The van der Waals surface area contributed by atoms with Gasteiger partial charge in [-0.15, -0.1) is 0 Å². The van der Waals surface area contributed by atoms with E-state index >= 15 is 0 Å². The van der Waals surface area contributed by atoms with Crippen LogP contribution in [-0.2, 0) is 0 Å². The van der Waals surface area contributed by atoms with Crippen LogP contribution >= 0.6 is 0 Å². The maximum absolute atomic E-state index is 5.80. The summed E-state index contributed by atoms with van der Waals surface area (Å²) in [5.41, 5.74) is 1.92. The molecule has 2 aromatic heterocycles. The van der Waals surface area contributed by atoms with Gasteiger partial charge in [-0.05, 0) is 40.1 Å².